The molecule has 1 aromatic carbocycles. The Kier molecular flexibility index (Phi) is 3.66. The van der Waals surface area contributed by atoms with Gasteiger partial charge in [-0.1, -0.05) is 12.1 Å². The number of H-pyrrole nitrogens is 1. The van der Waals surface area contributed by atoms with Crippen LogP contribution in [0.1, 0.15) is 12.7 Å². The van der Waals surface area contributed by atoms with Crippen molar-refractivity contribution >= 4 is 28.6 Å². The molecule has 0 saturated heterocycles. The Morgan fingerprint density at radius 3 is 2.94 bits per heavy atom. The van der Waals surface area contributed by atoms with Crippen molar-refractivity contribution in [2.45, 2.75) is 17.9 Å². The molecule has 1 atom stereocenters. The lowest BCUT2D eigenvalue weighted by atomic mass is 10.2. The summed E-state index contributed by atoms with van der Waals surface area (Å²) in [7, 11) is 0. The summed E-state index contributed by atoms with van der Waals surface area (Å²) in [6.07, 6.45) is 0. The van der Waals surface area contributed by atoms with Gasteiger partial charge in [0.2, 0.25) is 0 Å². The van der Waals surface area contributed by atoms with Crippen LogP contribution < -0.4 is 5.56 Å². The summed E-state index contributed by atoms with van der Waals surface area (Å²) in [6.45, 7) is 1.60. The standard InChI is InChI=1S/C12H12N2O3S/c1-7(12(16)17)18-6-10-13-9-5-3-2-4-8(9)11(15)14-10/h2-5,7H,6H2,1H3,(H,16,17)(H,13,14,15)/t7-/m0/s1. The highest BCUT2D eigenvalue weighted by molar-refractivity contribution is 7.99. The number of nitrogens with one attached hydrogen (secondary N) is 1. The van der Waals surface area contributed by atoms with E-state index in [0.29, 0.717) is 22.5 Å². The van der Waals surface area contributed by atoms with Crippen molar-refractivity contribution in [3.63, 3.8) is 0 Å². The van der Waals surface area contributed by atoms with Crippen LogP contribution in [0, 0.1) is 0 Å². The third-order valence-corrected chi connectivity index (χ3v) is 3.62. The van der Waals surface area contributed by atoms with Gasteiger partial charge in [0, 0.05) is 0 Å². The van der Waals surface area contributed by atoms with E-state index in [-0.39, 0.29) is 5.56 Å². The average molecular weight is 264 g/mol. The number of aromatic nitrogens is 2. The molecule has 0 aliphatic rings. The first-order chi connectivity index (χ1) is 8.58. The van der Waals surface area contributed by atoms with E-state index in [1.807, 2.05) is 6.07 Å². The van der Waals surface area contributed by atoms with Crippen molar-refractivity contribution in [2.24, 2.45) is 0 Å². The number of benzene rings is 1. The normalized spacial score (nSPS) is 12.5. The fourth-order valence-electron chi connectivity index (χ4n) is 1.48. The molecule has 0 bridgehead atoms. The molecule has 2 N–H and O–H groups in total. The number of carboxylic acids is 1. The Hall–Kier alpha value is -1.82. The fraction of sp³-hybridized carbons (Fsp3) is 0.250. The van der Waals surface area contributed by atoms with Gasteiger partial charge in [0.25, 0.3) is 5.56 Å². The van der Waals surface area contributed by atoms with E-state index >= 15 is 0 Å². The summed E-state index contributed by atoms with van der Waals surface area (Å²) in [6, 6.07) is 7.06. The maximum atomic E-state index is 11.8. The van der Waals surface area contributed by atoms with Gasteiger partial charge in [-0.25, -0.2) is 4.98 Å². The van der Waals surface area contributed by atoms with Gasteiger partial charge in [0.15, 0.2) is 0 Å². The van der Waals surface area contributed by atoms with E-state index in [0.717, 1.165) is 0 Å². The van der Waals surface area contributed by atoms with Gasteiger partial charge < -0.3 is 10.1 Å². The van der Waals surface area contributed by atoms with Gasteiger partial charge >= 0.3 is 5.97 Å². The van der Waals surface area contributed by atoms with Crippen LogP contribution in [-0.2, 0) is 10.5 Å². The number of carboxylic acid groups (broad SMARTS) is 1. The van der Waals surface area contributed by atoms with Crippen molar-refractivity contribution in [3.05, 3.63) is 40.4 Å². The molecule has 0 aliphatic heterocycles. The molecule has 0 saturated carbocycles. The van der Waals surface area contributed by atoms with Gasteiger partial charge in [-0.3, -0.25) is 9.59 Å². The summed E-state index contributed by atoms with van der Waals surface area (Å²) < 4.78 is 0. The van der Waals surface area contributed by atoms with Gasteiger partial charge in [-0.15, -0.1) is 11.8 Å². The quantitative estimate of drug-likeness (QED) is 0.877. The van der Waals surface area contributed by atoms with Crippen molar-refractivity contribution in [1.29, 1.82) is 0 Å². The van der Waals surface area contributed by atoms with Crippen molar-refractivity contribution < 1.29 is 9.90 Å². The van der Waals surface area contributed by atoms with Crippen LogP contribution in [0.3, 0.4) is 0 Å². The molecule has 2 aromatic rings. The van der Waals surface area contributed by atoms with Crippen LogP contribution in [0.15, 0.2) is 29.1 Å². The zero-order valence-corrected chi connectivity index (χ0v) is 10.5. The molecule has 0 spiro atoms. The van der Waals surface area contributed by atoms with Crippen LogP contribution in [-0.4, -0.2) is 26.3 Å². The van der Waals surface area contributed by atoms with Crippen LogP contribution in [0.25, 0.3) is 10.9 Å². The van der Waals surface area contributed by atoms with Crippen LogP contribution in [0.2, 0.25) is 0 Å². The van der Waals surface area contributed by atoms with E-state index in [2.05, 4.69) is 9.97 Å². The number of aromatic amines is 1. The number of para-hydroxylation sites is 1. The molecule has 2 rings (SSSR count). The largest absolute Gasteiger partial charge is 0.480 e. The van der Waals surface area contributed by atoms with E-state index in [1.165, 1.54) is 11.8 Å². The Balaban J connectivity index is 2.25. The second-order valence-corrected chi connectivity index (χ2v) is 5.15. The number of carbonyl (C=O) groups is 1. The number of rotatable bonds is 4. The minimum absolute atomic E-state index is 0.195. The maximum absolute atomic E-state index is 11.8. The highest BCUT2D eigenvalue weighted by Gasteiger charge is 2.12. The number of thioether (sulfide) groups is 1. The minimum Gasteiger partial charge on any atom is -0.480 e. The Bertz CT molecular complexity index is 639. The monoisotopic (exact) mass is 264 g/mol. The third-order valence-electron chi connectivity index (χ3n) is 2.48. The van der Waals surface area contributed by atoms with Crippen LogP contribution in [0.5, 0.6) is 0 Å². The summed E-state index contributed by atoms with van der Waals surface area (Å²) in [5.74, 6) is -0.00647. The van der Waals surface area contributed by atoms with Gasteiger partial charge in [-0.05, 0) is 19.1 Å². The Morgan fingerprint density at radius 1 is 1.50 bits per heavy atom. The van der Waals surface area contributed by atoms with Crippen molar-refractivity contribution in [1.82, 2.24) is 9.97 Å². The number of fused-ring (bicyclic) bond motifs is 1. The first-order valence-electron chi connectivity index (χ1n) is 5.40. The molecule has 0 fully saturated rings. The summed E-state index contributed by atoms with van der Waals surface area (Å²) in [5.41, 5.74) is 0.430. The molecule has 94 valence electrons. The molecule has 1 aromatic heterocycles. The first-order valence-corrected chi connectivity index (χ1v) is 6.45. The van der Waals surface area contributed by atoms with E-state index in [4.69, 9.17) is 5.11 Å². The first kappa shape index (κ1) is 12.6. The maximum Gasteiger partial charge on any atom is 0.316 e. The molecular formula is C12H12N2O3S. The smallest absolute Gasteiger partial charge is 0.316 e. The minimum atomic E-state index is -0.872. The van der Waals surface area contributed by atoms with Gasteiger partial charge in [0.1, 0.15) is 5.82 Å². The molecule has 6 heteroatoms. The third kappa shape index (κ3) is 2.70. The predicted molar refractivity (Wildman–Crippen MR) is 70.8 cm³/mol. The topological polar surface area (TPSA) is 83.0 Å². The number of hydrogen-bond acceptors (Lipinski definition) is 4. The SMILES string of the molecule is C[C@H](SCc1nc2ccccc2c(=O)[nH]1)C(=O)O. The second kappa shape index (κ2) is 5.22. The molecular weight excluding hydrogens is 252 g/mol. The van der Waals surface area contributed by atoms with Gasteiger partial charge in [0.05, 0.1) is 21.9 Å². The molecule has 1 heterocycles. The zero-order valence-electron chi connectivity index (χ0n) is 9.71. The van der Waals surface area contributed by atoms with Gasteiger partial charge in [-0.2, -0.15) is 0 Å². The zero-order chi connectivity index (χ0) is 13.1. The second-order valence-electron chi connectivity index (χ2n) is 3.82. The lowest BCUT2D eigenvalue weighted by Crippen LogP contribution is -2.14. The molecule has 0 radical (unpaired) electrons. The molecule has 0 amide bonds. The van der Waals surface area contributed by atoms with Crippen LogP contribution in [0.4, 0.5) is 0 Å². The Morgan fingerprint density at radius 2 is 2.22 bits per heavy atom. The average Bonchev–Trinajstić information content (AvgIpc) is 2.36. The van der Waals surface area contributed by atoms with Crippen molar-refractivity contribution in [3.8, 4) is 0 Å². The molecule has 0 unspecified atom stereocenters. The highest BCUT2D eigenvalue weighted by Crippen LogP contribution is 2.16. The highest BCUT2D eigenvalue weighted by atomic mass is 32.2. The molecule has 18 heavy (non-hydrogen) atoms. The summed E-state index contributed by atoms with van der Waals surface area (Å²) >= 11 is 1.22. The Labute approximate surface area is 107 Å². The van der Waals surface area contributed by atoms with Crippen LogP contribution >= 0.6 is 11.8 Å². The lowest BCUT2D eigenvalue weighted by molar-refractivity contribution is -0.136. The van der Waals surface area contributed by atoms with E-state index in [1.54, 1.807) is 25.1 Å². The number of aliphatic carboxylic acids is 1. The molecule has 5 nitrogen and oxygen atoms in total. The van der Waals surface area contributed by atoms with Crippen molar-refractivity contribution in [2.75, 3.05) is 0 Å². The van der Waals surface area contributed by atoms with E-state index < -0.39 is 11.2 Å². The lowest BCUT2D eigenvalue weighted by Gasteiger charge is -2.06. The fourth-order valence-corrected chi connectivity index (χ4v) is 2.17. The molecule has 0 aliphatic carbocycles. The number of nitrogens with zero attached hydrogens (tertiary/aromatic N) is 1. The summed E-state index contributed by atoms with van der Waals surface area (Å²) in [4.78, 5) is 29.4. The summed E-state index contributed by atoms with van der Waals surface area (Å²) in [5, 5.41) is 8.79. The van der Waals surface area contributed by atoms with E-state index in [9.17, 15) is 9.59 Å². The number of hydrogen-bond donors (Lipinski definition) is 2. The predicted octanol–water partition coefficient (Wildman–Crippen LogP) is 1.63.